The van der Waals surface area contributed by atoms with E-state index in [1.807, 2.05) is 24.3 Å². The number of fused-ring (bicyclic) bond motifs is 1. The van der Waals surface area contributed by atoms with Gasteiger partial charge in [-0.15, -0.1) is 11.3 Å². The third-order valence-corrected chi connectivity index (χ3v) is 4.49. The Bertz CT molecular complexity index is 713. The summed E-state index contributed by atoms with van der Waals surface area (Å²) < 4.78 is 3.35. The van der Waals surface area contributed by atoms with Crippen LogP contribution in [-0.4, -0.2) is 10.9 Å². The quantitative estimate of drug-likeness (QED) is 0.659. The first-order valence-corrected chi connectivity index (χ1v) is 7.15. The number of hydrogen-bond donors (Lipinski definition) is 0. The third kappa shape index (κ3) is 2.13. The Morgan fingerprint density at radius 2 is 2.11 bits per heavy atom. The van der Waals surface area contributed by atoms with Gasteiger partial charge in [-0.3, -0.25) is 4.79 Å². The van der Waals surface area contributed by atoms with E-state index in [1.165, 1.54) is 4.88 Å². The number of thiophene rings is 1. The fraction of sp³-hybridized carbons (Fsp3) is 0.0714. The van der Waals surface area contributed by atoms with Crippen LogP contribution in [0.1, 0.15) is 15.2 Å². The zero-order valence-electron chi connectivity index (χ0n) is 9.47. The fourth-order valence-corrected chi connectivity index (χ4v) is 3.52. The highest BCUT2D eigenvalue weighted by molar-refractivity contribution is 9.11. The molecule has 0 radical (unpaired) electrons. The minimum Gasteiger partial charge on any atom is -0.342 e. The summed E-state index contributed by atoms with van der Waals surface area (Å²) in [5, 5.41) is 1.11. The van der Waals surface area contributed by atoms with Crippen LogP contribution in [0, 0.1) is 0 Å². The van der Waals surface area contributed by atoms with Gasteiger partial charge in [0.25, 0.3) is 0 Å². The van der Waals surface area contributed by atoms with Crippen LogP contribution in [0.2, 0.25) is 0 Å². The number of hydrogen-bond acceptors (Lipinski definition) is 2. The molecule has 0 N–H and O–H groups in total. The summed E-state index contributed by atoms with van der Waals surface area (Å²) in [7, 11) is 0. The summed E-state index contributed by atoms with van der Waals surface area (Å²) in [5.41, 5.74) is 1.88. The Morgan fingerprint density at radius 1 is 1.22 bits per heavy atom. The fourth-order valence-electron chi connectivity index (χ4n) is 2.03. The van der Waals surface area contributed by atoms with E-state index in [9.17, 15) is 4.79 Å². The number of nitrogens with zero attached hydrogens (tertiary/aromatic N) is 1. The molecule has 0 aliphatic rings. The van der Waals surface area contributed by atoms with E-state index in [1.54, 1.807) is 11.3 Å². The second-order valence-corrected chi connectivity index (χ2v) is 6.63. The van der Waals surface area contributed by atoms with E-state index in [-0.39, 0.29) is 0 Å². The smallest absolute Gasteiger partial charge is 0.150 e. The maximum atomic E-state index is 10.7. The lowest BCUT2D eigenvalue weighted by molar-refractivity contribution is 0.112. The lowest BCUT2D eigenvalue weighted by atomic mass is 10.2. The number of halogens is 1. The largest absolute Gasteiger partial charge is 0.342 e. The van der Waals surface area contributed by atoms with Crippen LogP contribution in [0.3, 0.4) is 0 Å². The number of aldehydes is 1. The zero-order valence-corrected chi connectivity index (χ0v) is 11.9. The van der Waals surface area contributed by atoms with Crippen molar-refractivity contribution in [3.63, 3.8) is 0 Å². The lowest BCUT2D eigenvalue weighted by Gasteiger charge is -2.03. The van der Waals surface area contributed by atoms with Gasteiger partial charge < -0.3 is 4.57 Å². The van der Waals surface area contributed by atoms with Gasteiger partial charge in [-0.05, 0) is 52.3 Å². The highest BCUT2D eigenvalue weighted by atomic mass is 79.9. The summed E-state index contributed by atoms with van der Waals surface area (Å²) >= 11 is 5.22. The van der Waals surface area contributed by atoms with Crippen LogP contribution >= 0.6 is 27.3 Å². The first-order valence-electron chi connectivity index (χ1n) is 5.54. The number of carbonyl (C=O) groups excluding carboxylic acids is 1. The normalized spacial score (nSPS) is 10.9. The van der Waals surface area contributed by atoms with Crippen molar-refractivity contribution in [3.05, 3.63) is 56.8 Å². The maximum Gasteiger partial charge on any atom is 0.150 e. The molecule has 0 aliphatic heterocycles. The van der Waals surface area contributed by atoms with Crippen molar-refractivity contribution >= 4 is 44.5 Å². The maximum absolute atomic E-state index is 10.7. The van der Waals surface area contributed by atoms with Gasteiger partial charge in [0.15, 0.2) is 0 Å². The molecule has 1 aromatic carbocycles. The molecule has 3 rings (SSSR count). The lowest BCUT2D eigenvalue weighted by Crippen LogP contribution is -1.95. The summed E-state index contributed by atoms with van der Waals surface area (Å²) in [4.78, 5) is 12.0. The first-order chi connectivity index (χ1) is 8.76. The monoisotopic (exact) mass is 319 g/mol. The van der Waals surface area contributed by atoms with Gasteiger partial charge in [0.2, 0.25) is 0 Å². The number of rotatable bonds is 3. The van der Waals surface area contributed by atoms with Crippen LogP contribution in [0.25, 0.3) is 10.9 Å². The predicted octanol–water partition coefficient (Wildman–Crippen LogP) is 4.33. The Morgan fingerprint density at radius 3 is 2.83 bits per heavy atom. The van der Waals surface area contributed by atoms with Gasteiger partial charge in [-0.2, -0.15) is 0 Å². The molecule has 0 bridgehead atoms. The molecule has 0 saturated heterocycles. The van der Waals surface area contributed by atoms with Crippen LogP contribution in [0.4, 0.5) is 0 Å². The van der Waals surface area contributed by atoms with E-state index >= 15 is 0 Å². The van der Waals surface area contributed by atoms with Crippen molar-refractivity contribution in [2.75, 3.05) is 0 Å². The molecule has 2 nitrogen and oxygen atoms in total. The highest BCUT2D eigenvalue weighted by Gasteiger charge is 2.04. The zero-order chi connectivity index (χ0) is 12.5. The number of benzene rings is 1. The van der Waals surface area contributed by atoms with Gasteiger partial charge in [0.1, 0.15) is 6.29 Å². The summed E-state index contributed by atoms with van der Waals surface area (Å²) in [5.74, 6) is 0. The average molecular weight is 320 g/mol. The second-order valence-electron chi connectivity index (χ2n) is 4.09. The second kappa shape index (κ2) is 4.71. The standard InChI is InChI=1S/C14H10BrNOS/c15-14-4-2-12(18-14)8-16-6-5-11-7-10(9-17)1-3-13(11)16/h1-7,9H,8H2. The molecule has 90 valence electrons. The van der Waals surface area contributed by atoms with E-state index in [0.717, 1.165) is 33.1 Å². The van der Waals surface area contributed by atoms with Crippen LogP contribution in [0.15, 0.2) is 46.4 Å². The Labute approximate surface area is 117 Å². The molecule has 0 amide bonds. The molecule has 0 saturated carbocycles. The average Bonchev–Trinajstić information content (AvgIpc) is 2.96. The van der Waals surface area contributed by atoms with Crippen LogP contribution in [-0.2, 0) is 6.54 Å². The molecule has 3 aromatic rings. The minimum absolute atomic E-state index is 0.721. The van der Waals surface area contributed by atoms with Gasteiger partial charge in [-0.25, -0.2) is 0 Å². The molecule has 4 heteroatoms. The van der Waals surface area contributed by atoms with Gasteiger partial charge in [0.05, 0.1) is 10.3 Å². The van der Waals surface area contributed by atoms with Crippen molar-refractivity contribution in [3.8, 4) is 0 Å². The topological polar surface area (TPSA) is 22.0 Å². The van der Waals surface area contributed by atoms with E-state index in [0.29, 0.717) is 0 Å². The Balaban J connectivity index is 2.00. The first kappa shape index (κ1) is 11.7. The van der Waals surface area contributed by atoms with E-state index in [2.05, 4.69) is 38.8 Å². The molecular formula is C14H10BrNOS. The summed E-state index contributed by atoms with van der Waals surface area (Å²) in [6.07, 6.45) is 2.94. The number of carbonyl (C=O) groups is 1. The van der Waals surface area contributed by atoms with Gasteiger partial charge in [-0.1, -0.05) is 0 Å². The van der Waals surface area contributed by atoms with Crippen LogP contribution in [0.5, 0.6) is 0 Å². The van der Waals surface area contributed by atoms with Gasteiger partial charge >= 0.3 is 0 Å². The Hall–Kier alpha value is -1.39. The van der Waals surface area contributed by atoms with Crippen LogP contribution < -0.4 is 0 Å². The molecule has 2 heterocycles. The SMILES string of the molecule is O=Cc1ccc2c(ccn2Cc2ccc(Br)s2)c1. The number of aromatic nitrogens is 1. The molecule has 0 fully saturated rings. The van der Waals surface area contributed by atoms with Gasteiger partial charge in [0, 0.05) is 27.5 Å². The predicted molar refractivity (Wildman–Crippen MR) is 78.4 cm³/mol. The molecule has 0 atom stereocenters. The van der Waals surface area contributed by atoms with E-state index < -0.39 is 0 Å². The molecule has 0 unspecified atom stereocenters. The van der Waals surface area contributed by atoms with Crippen molar-refractivity contribution in [1.29, 1.82) is 0 Å². The van der Waals surface area contributed by atoms with Crippen molar-refractivity contribution in [2.24, 2.45) is 0 Å². The molecule has 0 aliphatic carbocycles. The minimum atomic E-state index is 0.721. The summed E-state index contributed by atoms with van der Waals surface area (Å²) in [6.45, 7) is 0.861. The Kier molecular flexibility index (Phi) is 3.06. The van der Waals surface area contributed by atoms with Crippen molar-refractivity contribution in [1.82, 2.24) is 4.57 Å². The highest BCUT2D eigenvalue weighted by Crippen LogP contribution is 2.25. The molecule has 18 heavy (non-hydrogen) atoms. The third-order valence-electron chi connectivity index (χ3n) is 2.89. The molecule has 0 spiro atoms. The summed E-state index contributed by atoms with van der Waals surface area (Å²) in [6, 6.07) is 12.0. The van der Waals surface area contributed by atoms with Crippen molar-refractivity contribution < 1.29 is 4.79 Å². The van der Waals surface area contributed by atoms with Crippen molar-refractivity contribution in [2.45, 2.75) is 6.54 Å². The molecule has 2 aromatic heterocycles. The van der Waals surface area contributed by atoms with E-state index in [4.69, 9.17) is 0 Å². The molecular weight excluding hydrogens is 310 g/mol.